The van der Waals surface area contributed by atoms with Gasteiger partial charge < -0.3 is 20.1 Å². The summed E-state index contributed by atoms with van der Waals surface area (Å²) in [6, 6.07) is 13.9. The van der Waals surface area contributed by atoms with Crippen LogP contribution >= 0.6 is 0 Å². The Labute approximate surface area is 150 Å². The number of fused-ring (bicyclic) bond motifs is 1. The zero-order chi connectivity index (χ0) is 18.5. The van der Waals surface area contributed by atoms with E-state index in [2.05, 4.69) is 10.3 Å². The second-order valence-electron chi connectivity index (χ2n) is 5.89. The largest absolute Gasteiger partial charge is 0.497 e. The molecular weight excluding hydrogens is 332 g/mol. The number of aromatic nitrogens is 1. The van der Waals surface area contributed by atoms with Crippen molar-refractivity contribution in [2.45, 2.75) is 12.5 Å². The van der Waals surface area contributed by atoms with E-state index in [1.54, 1.807) is 43.5 Å². The van der Waals surface area contributed by atoms with E-state index in [0.717, 1.165) is 11.3 Å². The number of aromatic amines is 1. The van der Waals surface area contributed by atoms with Crippen LogP contribution in [0.3, 0.4) is 0 Å². The Morgan fingerprint density at radius 1 is 1.15 bits per heavy atom. The molecule has 0 spiro atoms. The first-order valence-corrected chi connectivity index (χ1v) is 8.30. The summed E-state index contributed by atoms with van der Waals surface area (Å²) in [5.74, 6) is 0.404. The van der Waals surface area contributed by atoms with E-state index in [-0.39, 0.29) is 24.1 Å². The van der Waals surface area contributed by atoms with Gasteiger partial charge in [-0.3, -0.25) is 9.59 Å². The van der Waals surface area contributed by atoms with Gasteiger partial charge in [0.2, 0.25) is 0 Å². The molecule has 134 valence electrons. The summed E-state index contributed by atoms with van der Waals surface area (Å²) in [5.41, 5.74) is 1.01. The number of carbonyl (C=O) groups excluding carboxylic acids is 1. The molecule has 0 saturated heterocycles. The Morgan fingerprint density at radius 2 is 1.85 bits per heavy atom. The average molecular weight is 352 g/mol. The summed E-state index contributed by atoms with van der Waals surface area (Å²) in [5, 5.41) is 13.4. The predicted octanol–water partition coefficient (Wildman–Crippen LogP) is 2.39. The van der Waals surface area contributed by atoms with Crippen LogP contribution in [-0.2, 0) is 0 Å². The van der Waals surface area contributed by atoms with Crippen LogP contribution in [0, 0.1) is 0 Å². The van der Waals surface area contributed by atoms with Gasteiger partial charge in [-0.1, -0.05) is 30.3 Å². The van der Waals surface area contributed by atoms with Gasteiger partial charge in [0.1, 0.15) is 5.75 Å². The molecule has 6 heteroatoms. The number of rotatable bonds is 6. The van der Waals surface area contributed by atoms with Crippen LogP contribution in [0.25, 0.3) is 10.8 Å². The summed E-state index contributed by atoms with van der Waals surface area (Å²) in [7, 11) is 1.59. The summed E-state index contributed by atoms with van der Waals surface area (Å²) in [6.07, 6.45) is 1.80. The minimum atomic E-state index is -0.357. The molecule has 0 aliphatic carbocycles. The fourth-order valence-electron chi connectivity index (χ4n) is 2.92. The Morgan fingerprint density at radius 3 is 2.50 bits per heavy atom. The lowest BCUT2D eigenvalue weighted by Gasteiger charge is -2.19. The van der Waals surface area contributed by atoms with E-state index in [9.17, 15) is 14.7 Å². The minimum Gasteiger partial charge on any atom is -0.497 e. The standard InChI is InChI=1S/C20H20N2O4/c1-26-14-8-6-13(7-9-14)18(10-11-23)22-20(25)17-12-21-19(24)16-5-3-2-4-15(16)17/h2-9,12,18,23H,10-11H2,1H3,(H,21,24)(H,22,25)/t18-/m1/s1. The maximum Gasteiger partial charge on any atom is 0.255 e. The molecule has 0 fully saturated rings. The molecule has 1 atom stereocenters. The van der Waals surface area contributed by atoms with Crippen molar-refractivity contribution in [1.82, 2.24) is 10.3 Å². The van der Waals surface area contributed by atoms with E-state index >= 15 is 0 Å². The number of aliphatic hydroxyl groups is 1. The van der Waals surface area contributed by atoms with Gasteiger partial charge in [-0.2, -0.15) is 0 Å². The number of hydrogen-bond acceptors (Lipinski definition) is 4. The number of aliphatic hydroxyl groups excluding tert-OH is 1. The van der Waals surface area contributed by atoms with E-state index in [4.69, 9.17) is 4.74 Å². The predicted molar refractivity (Wildman–Crippen MR) is 99.5 cm³/mol. The molecule has 0 bridgehead atoms. The van der Waals surface area contributed by atoms with E-state index in [1.807, 2.05) is 12.1 Å². The molecule has 1 amide bonds. The summed E-state index contributed by atoms with van der Waals surface area (Å²) >= 11 is 0. The Kier molecular flexibility index (Phi) is 5.34. The van der Waals surface area contributed by atoms with Crippen molar-refractivity contribution >= 4 is 16.7 Å². The molecule has 6 nitrogen and oxygen atoms in total. The van der Waals surface area contributed by atoms with Crippen molar-refractivity contribution in [3.8, 4) is 5.75 Å². The number of pyridine rings is 1. The van der Waals surface area contributed by atoms with Crippen molar-refractivity contribution < 1.29 is 14.6 Å². The van der Waals surface area contributed by atoms with Gasteiger partial charge in [0, 0.05) is 23.6 Å². The summed E-state index contributed by atoms with van der Waals surface area (Å²) in [4.78, 5) is 27.3. The molecule has 0 aliphatic rings. The highest BCUT2D eigenvalue weighted by atomic mass is 16.5. The molecule has 0 saturated carbocycles. The fourth-order valence-corrected chi connectivity index (χ4v) is 2.92. The molecule has 1 heterocycles. The van der Waals surface area contributed by atoms with E-state index in [1.165, 1.54) is 6.20 Å². The SMILES string of the molecule is COc1ccc([C@@H](CCO)NC(=O)c2c[nH]c(=O)c3ccccc23)cc1. The lowest BCUT2D eigenvalue weighted by molar-refractivity contribution is 0.0931. The first kappa shape index (κ1) is 17.7. The maximum atomic E-state index is 12.8. The Bertz CT molecular complexity index is 963. The normalized spacial score (nSPS) is 11.9. The molecular formula is C20H20N2O4. The molecule has 3 N–H and O–H groups in total. The third-order valence-electron chi connectivity index (χ3n) is 4.30. The summed E-state index contributed by atoms with van der Waals surface area (Å²) < 4.78 is 5.15. The van der Waals surface area contributed by atoms with Crippen molar-refractivity contribution in [1.29, 1.82) is 0 Å². The first-order valence-electron chi connectivity index (χ1n) is 8.30. The zero-order valence-electron chi connectivity index (χ0n) is 14.4. The number of hydrogen-bond donors (Lipinski definition) is 3. The second-order valence-corrected chi connectivity index (χ2v) is 5.89. The summed E-state index contributed by atoms with van der Waals surface area (Å²) in [6.45, 7) is -0.0661. The van der Waals surface area contributed by atoms with Crippen LogP contribution in [-0.4, -0.2) is 29.7 Å². The first-order chi connectivity index (χ1) is 12.6. The molecule has 3 aromatic rings. The van der Waals surface area contributed by atoms with Crippen LogP contribution < -0.4 is 15.6 Å². The highest BCUT2D eigenvalue weighted by Crippen LogP contribution is 2.22. The van der Waals surface area contributed by atoms with Crippen LogP contribution in [0.5, 0.6) is 5.75 Å². The van der Waals surface area contributed by atoms with Gasteiger partial charge in [-0.05, 0) is 30.2 Å². The van der Waals surface area contributed by atoms with E-state index < -0.39 is 0 Å². The number of amides is 1. The zero-order valence-corrected chi connectivity index (χ0v) is 14.4. The quantitative estimate of drug-likeness (QED) is 0.635. The van der Waals surface area contributed by atoms with Crippen LogP contribution in [0.15, 0.2) is 59.5 Å². The topological polar surface area (TPSA) is 91.4 Å². The Hall–Kier alpha value is -3.12. The highest BCUT2D eigenvalue weighted by molar-refractivity contribution is 6.06. The molecule has 0 unspecified atom stereocenters. The Balaban J connectivity index is 1.91. The number of nitrogens with one attached hydrogen (secondary N) is 2. The third-order valence-corrected chi connectivity index (χ3v) is 4.30. The number of carbonyl (C=O) groups is 1. The third kappa shape index (κ3) is 3.60. The van der Waals surface area contributed by atoms with Crippen LogP contribution in [0.4, 0.5) is 0 Å². The molecule has 2 aromatic carbocycles. The second kappa shape index (κ2) is 7.84. The van der Waals surface area contributed by atoms with Crippen molar-refractivity contribution in [2.75, 3.05) is 13.7 Å². The van der Waals surface area contributed by atoms with E-state index in [0.29, 0.717) is 22.8 Å². The minimum absolute atomic E-state index is 0.0661. The highest BCUT2D eigenvalue weighted by Gasteiger charge is 2.18. The van der Waals surface area contributed by atoms with Gasteiger partial charge in [0.05, 0.1) is 18.7 Å². The number of benzene rings is 2. The van der Waals surface area contributed by atoms with Crippen molar-refractivity contribution in [3.05, 3.63) is 76.2 Å². The number of H-pyrrole nitrogens is 1. The van der Waals surface area contributed by atoms with Gasteiger partial charge in [0.15, 0.2) is 0 Å². The molecule has 0 radical (unpaired) electrons. The molecule has 1 aromatic heterocycles. The van der Waals surface area contributed by atoms with Crippen LogP contribution in [0.1, 0.15) is 28.4 Å². The van der Waals surface area contributed by atoms with Crippen molar-refractivity contribution in [2.24, 2.45) is 0 Å². The number of methoxy groups -OCH3 is 1. The lowest BCUT2D eigenvalue weighted by atomic mass is 10.0. The fraction of sp³-hybridized carbons (Fsp3) is 0.200. The average Bonchev–Trinajstić information content (AvgIpc) is 2.68. The van der Waals surface area contributed by atoms with Gasteiger partial charge in [0.25, 0.3) is 11.5 Å². The molecule has 0 aliphatic heterocycles. The smallest absolute Gasteiger partial charge is 0.255 e. The number of ether oxygens (including phenoxy) is 1. The maximum absolute atomic E-state index is 12.8. The van der Waals surface area contributed by atoms with Gasteiger partial charge in [-0.15, -0.1) is 0 Å². The van der Waals surface area contributed by atoms with Gasteiger partial charge in [-0.25, -0.2) is 0 Å². The molecule has 26 heavy (non-hydrogen) atoms. The lowest BCUT2D eigenvalue weighted by Crippen LogP contribution is -2.30. The van der Waals surface area contributed by atoms with Gasteiger partial charge >= 0.3 is 0 Å². The monoisotopic (exact) mass is 352 g/mol. The van der Waals surface area contributed by atoms with Crippen molar-refractivity contribution in [3.63, 3.8) is 0 Å². The molecule has 3 rings (SSSR count). The van der Waals surface area contributed by atoms with Crippen LogP contribution in [0.2, 0.25) is 0 Å².